The van der Waals surface area contributed by atoms with Crippen LogP contribution in [0.3, 0.4) is 0 Å². The summed E-state index contributed by atoms with van der Waals surface area (Å²) in [6, 6.07) is 0. The van der Waals surface area contributed by atoms with E-state index in [4.69, 9.17) is 9.84 Å². The molecule has 0 aliphatic heterocycles. The Hall–Kier alpha value is -1.36. The number of carbonyl (C=O) groups excluding carboxylic acids is 1. The van der Waals surface area contributed by atoms with Gasteiger partial charge in [0.25, 0.3) is 0 Å². The molecular weight excluding hydrogens is 208 g/mol. The molecule has 0 bridgehead atoms. The van der Waals surface area contributed by atoms with Gasteiger partial charge in [0.15, 0.2) is 0 Å². The lowest BCUT2D eigenvalue weighted by Gasteiger charge is -1.97. The van der Waals surface area contributed by atoms with Gasteiger partial charge in [0.1, 0.15) is 5.56 Å². The van der Waals surface area contributed by atoms with Crippen molar-refractivity contribution in [2.45, 2.75) is 32.7 Å². The first kappa shape index (κ1) is 12.7. The molecule has 0 spiro atoms. The van der Waals surface area contributed by atoms with Gasteiger partial charge in [-0.1, -0.05) is 13.3 Å². The summed E-state index contributed by atoms with van der Waals surface area (Å²) in [4.78, 5) is 11.5. The van der Waals surface area contributed by atoms with E-state index in [1.165, 1.54) is 7.11 Å². The molecule has 1 aromatic heterocycles. The van der Waals surface area contributed by atoms with Crippen molar-refractivity contribution in [1.29, 1.82) is 0 Å². The molecule has 0 radical (unpaired) electrons. The fourth-order valence-electron chi connectivity index (χ4n) is 1.51. The maximum absolute atomic E-state index is 11.5. The van der Waals surface area contributed by atoms with E-state index < -0.39 is 0 Å². The number of hydrogen-bond donors (Lipinski definition) is 1. The van der Waals surface area contributed by atoms with Gasteiger partial charge < -0.3 is 9.84 Å². The van der Waals surface area contributed by atoms with E-state index in [0.717, 1.165) is 18.5 Å². The number of ether oxygens (including phenoxy) is 1. The number of nitrogens with zero attached hydrogens (tertiary/aromatic N) is 2. The third-order valence-corrected chi connectivity index (χ3v) is 2.28. The minimum atomic E-state index is -0.348. The van der Waals surface area contributed by atoms with Crippen LogP contribution < -0.4 is 0 Å². The third-order valence-electron chi connectivity index (χ3n) is 2.28. The van der Waals surface area contributed by atoms with Gasteiger partial charge >= 0.3 is 5.97 Å². The molecule has 0 aromatic carbocycles. The molecule has 1 rings (SSSR count). The van der Waals surface area contributed by atoms with Gasteiger partial charge in [-0.15, -0.1) is 0 Å². The van der Waals surface area contributed by atoms with Crippen LogP contribution in [0, 0.1) is 0 Å². The lowest BCUT2D eigenvalue weighted by molar-refractivity contribution is 0.0599. The van der Waals surface area contributed by atoms with Crippen LogP contribution in [-0.2, 0) is 17.7 Å². The Bertz CT molecular complexity index is 347. The zero-order valence-electron chi connectivity index (χ0n) is 9.77. The van der Waals surface area contributed by atoms with E-state index >= 15 is 0 Å². The van der Waals surface area contributed by atoms with E-state index in [0.29, 0.717) is 18.5 Å². The smallest absolute Gasteiger partial charge is 0.341 e. The van der Waals surface area contributed by atoms with Crippen molar-refractivity contribution < 1.29 is 14.6 Å². The maximum atomic E-state index is 11.5. The average Bonchev–Trinajstić information content (AvgIpc) is 2.69. The predicted octanol–water partition coefficient (Wildman–Crippen LogP) is 1.00. The van der Waals surface area contributed by atoms with Crippen LogP contribution in [0.2, 0.25) is 0 Å². The van der Waals surface area contributed by atoms with Crippen LogP contribution in [-0.4, -0.2) is 34.6 Å². The monoisotopic (exact) mass is 226 g/mol. The van der Waals surface area contributed by atoms with Gasteiger partial charge in [0.2, 0.25) is 0 Å². The summed E-state index contributed by atoms with van der Waals surface area (Å²) in [5.74, 6) is -0.348. The van der Waals surface area contributed by atoms with Gasteiger partial charge in [-0.2, -0.15) is 5.10 Å². The Morgan fingerprint density at radius 1 is 1.62 bits per heavy atom. The number of esters is 1. The second-order valence-electron chi connectivity index (χ2n) is 3.57. The minimum Gasteiger partial charge on any atom is -0.465 e. The highest BCUT2D eigenvalue weighted by Gasteiger charge is 2.15. The predicted molar refractivity (Wildman–Crippen MR) is 59.3 cm³/mol. The Labute approximate surface area is 95.0 Å². The molecule has 1 aromatic rings. The standard InChI is InChI=1S/C11H18N2O3/c1-3-5-10-9(11(15)16-2)8-13(12-10)6-4-7-14/h8,14H,3-7H2,1-2H3. The summed E-state index contributed by atoms with van der Waals surface area (Å²) in [6.45, 7) is 2.77. The Kier molecular flexibility index (Phi) is 4.98. The Morgan fingerprint density at radius 3 is 2.94 bits per heavy atom. The summed E-state index contributed by atoms with van der Waals surface area (Å²) in [5, 5.41) is 13.0. The first-order valence-electron chi connectivity index (χ1n) is 5.48. The number of aliphatic hydroxyl groups excluding tert-OH is 1. The second-order valence-corrected chi connectivity index (χ2v) is 3.57. The summed E-state index contributed by atoms with van der Waals surface area (Å²) < 4.78 is 6.39. The molecule has 0 saturated heterocycles. The van der Waals surface area contributed by atoms with Crippen molar-refractivity contribution in [1.82, 2.24) is 9.78 Å². The topological polar surface area (TPSA) is 64.3 Å². The number of aliphatic hydroxyl groups is 1. The Balaban J connectivity index is 2.86. The molecule has 0 aliphatic rings. The molecule has 0 amide bonds. The molecule has 0 fully saturated rings. The molecule has 5 heteroatoms. The van der Waals surface area contributed by atoms with E-state index in [1.807, 2.05) is 6.92 Å². The van der Waals surface area contributed by atoms with Crippen LogP contribution in [0.5, 0.6) is 0 Å². The molecule has 0 saturated carbocycles. The van der Waals surface area contributed by atoms with Gasteiger partial charge in [-0.25, -0.2) is 4.79 Å². The summed E-state index contributed by atoms with van der Waals surface area (Å²) >= 11 is 0. The number of aryl methyl sites for hydroxylation is 2. The quantitative estimate of drug-likeness (QED) is 0.735. The van der Waals surface area contributed by atoms with Crippen molar-refractivity contribution in [2.75, 3.05) is 13.7 Å². The highest BCUT2D eigenvalue weighted by molar-refractivity contribution is 5.90. The van der Waals surface area contributed by atoms with Crippen LogP contribution in [0.4, 0.5) is 0 Å². The number of rotatable bonds is 6. The number of carbonyl (C=O) groups is 1. The normalized spacial score (nSPS) is 10.4. The summed E-state index contributed by atoms with van der Waals surface area (Å²) in [5.41, 5.74) is 1.30. The minimum absolute atomic E-state index is 0.122. The van der Waals surface area contributed by atoms with E-state index in [2.05, 4.69) is 5.10 Å². The average molecular weight is 226 g/mol. The van der Waals surface area contributed by atoms with Crippen molar-refractivity contribution >= 4 is 5.97 Å². The number of aromatic nitrogens is 2. The molecule has 0 atom stereocenters. The molecule has 90 valence electrons. The SMILES string of the molecule is CCCc1nn(CCCO)cc1C(=O)OC. The fraction of sp³-hybridized carbons (Fsp3) is 0.636. The van der Waals surface area contributed by atoms with Crippen LogP contribution in [0.15, 0.2) is 6.20 Å². The number of methoxy groups -OCH3 is 1. The lowest BCUT2D eigenvalue weighted by Crippen LogP contribution is -2.03. The molecule has 1 N–H and O–H groups in total. The lowest BCUT2D eigenvalue weighted by atomic mass is 10.2. The first-order chi connectivity index (χ1) is 7.72. The first-order valence-corrected chi connectivity index (χ1v) is 5.48. The van der Waals surface area contributed by atoms with E-state index in [9.17, 15) is 4.79 Å². The number of hydrogen-bond acceptors (Lipinski definition) is 4. The van der Waals surface area contributed by atoms with Crippen LogP contribution in [0.1, 0.15) is 35.8 Å². The van der Waals surface area contributed by atoms with Gasteiger partial charge in [-0.3, -0.25) is 4.68 Å². The van der Waals surface area contributed by atoms with Crippen molar-refractivity contribution in [2.24, 2.45) is 0 Å². The molecule has 5 nitrogen and oxygen atoms in total. The van der Waals surface area contributed by atoms with Crippen molar-refractivity contribution in [3.8, 4) is 0 Å². The van der Waals surface area contributed by atoms with Crippen LogP contribution >= 0.6 is 0 Å². The molecular formula is C11H18N2O3. The largest absolute Gasteiger partial charge is 0.465 e. The highest BCUT2D eigenvalue weighted by Crippen LogP contribution is 2.11. The molecule has 0 aliphatic carbocycles. The zero-order chi connectivity index (χ0) is 12.0. The van der Waals surface area contributed by atoms with Gasteiger partial charge in [0, 0.05) is 19.3 Å². The third kappa shape index (κ3) is 3.06. The molecule has 0 unspecified atom stereocenters. The van der Waals surface area contributed by atoms with Crippen LogP contribution in [0.25, 0.3) is 0 Å². The van der Waals surface area contributed by atoms with Gasteiger partial charge in [0.05, 0.1) is 12.8 Å². The fourth-order valence-corrected chi connectivity index (χ4v) is 1.51. The maximum Gasteiger partial charge on any atom is 0.341 e. The van der Waals surface area contributed by atoms with Gasteiger partial charge in [-0.05, 0) is 12.8 Å². The van der Waals surface area contributed by atoms with E-state index in [-0.39, 0.29) is 12.6 Å². The van der Waals surface area contributed by atoms with E-state index in [1.54, 1.807) is 10.9 Å². The zero-order valence-corrected chi connectivity index (χ0v) is 9.77. The van der Waals surface area contributed by atoms with Crippen molar-refractivity contribution in [3.05, 3.63) is 17.5 Å². The molecule has 16 heavy (non-hydrogen) atoms. The highest BCUT2D eigenvalue weighted by atomic mass is 16.5. The summed E-state index contributed by atoms with van der Waals surface area (Å²) in [7, 11) is 1.36. The summed E-state index contributed by atoms with van der Waals surface area (Å²) in [6.07, 6.45) is 4.01. The van der Waals surface area contributed by atoms with Crippen molar-refractivity contribution in [3.63, 3.8) is 0 Å². The second kappa shape index (κ2) is 6.27. The molecule has 1 heterocycles. The Morgan fingerprint density at radius 2 is 2.38 bits per heavy atom.